The van der Waals surface area contributed by atoms with Gasteiger partial charge in [0.2, 0.25) is 0 Å². The average Bonchev–Trinajstić information content (AvgIpc) is 2.99. The number of rotatable bonds is 5. The number of carbonyl (C=O) groups is 2. The van der Waals surface area contributed by atoms with Crippen LogP contribution in [0.25, 0.3) is 0 Å². The summed E-state index contributed by atoms with van der Waals surface area (Å²) in [5.74, 6) is -0.240. The van der Waals surface area contributed by atoms with Gasteiger partial charge in [-0.3, -0.25) is 4.79 Å². The van der Waals surface area contributed by atoms with Crippen LogP contribution in [-0.2, 0) is 0 Å². The zero-order chi connectivity index (χ0) is 15.9. The third-order valence-corrected chi connectivity index (χ3v) is 3.73. The molecule has 1 aliphatic rings. The van der Waals surface area contributed by atoms with Gasteiger partial charge in [-0.2, -0.15) is 0 Å². The van der Waals surface area contributed by atoms with E-state index in [4.69, 9.17) is 11.6 Å². The Morgan fingerprint density at radius 2 is 2.23 bits per heavy atom. The van der Waals surface area contributed by atoms with E-state index in [1.54, 1.807) is 18.2 Å². The Labute approximate surface area is 135 Å². The molecule has 6 nitrogen and oxygen atoms in total. The molecule has 0 aliphatic carbocycles. The van der Waals surface area contributed by atoms with Crippen molar-refractivity contribution < 1.29 is 9.59 Å². The molecular formula is C15H21ClN4O2. The first-order valence-electron chi connectivity index (χ1n) is 7.46. The summed E-state index contributed by atoms with van der Waals surface area (Å²) >= 11 is 6.05. The molecule has 1 saturated heterocycles. The van der Waals surface area contributed by atoms with Gasteiger partial charge in [-0.15, -0.1) is 0 Å². The van der Waals surface area contributed by atoms with E-state index < -0.39 is 0 Å². The largest absolute Gasteiger partial charge is 0.352 e. The highest BCUT2D eigenvalue weighted by Gasteiger charge is 2.17. The molecule has 1 atom stereocenters. The van der Waals surface area contributed by atoms with Crippen LogP contribution in [-0.4, -0.2) is 37.6 Å². The Balaban J connectivity index is 1.98. The third kappa shape index (κ3) is 4.61. The predicted molar refractivity (Wildman–Crippen MR) is 87.5 cm³/mol. The summed E-state index contributed by atoms with van der Waals surface area (Å²) in [6.45, 7) is 4.25. The SMILES string of the molecule is CCCNC(=O)c1cc(NC(=O)N[C@@H]2CCNC2)ccc1Cl. The lowest BCUT2D eigenvalue weighted by Gasteiger charge is -2.13. The Morgan fingerprint density at radius 1 is 1.41 bits per heavy atom. The Kier molecular flexibility index (Phi) is 6.03. The fourth-order valence-corrected chi connectivity index (χ4v) is 2.44. The van der Waals surface area contributed by atoms with Gasteiger partial charge in [-0.1, -0.05) is 18.5 Å². The minimum atomic E-state index is -0.282. The molecule has 0 aromatic heterocycles. The van der Waals surface area contributed by atoms with E-state index in [9.17, 15) is 9.59 Å². The standard InChI is InChI=1S/C15H21ClN4O2/c1-2-6-18-14(21)12-8-10(3-4-13(12)16)19-15(22)20-11-5-7-17-9-11/h3-4,8,11,17H,2,5-7,9H2,1H3,(H,18,21)(H2,19,20,22)/t11-/m1/s1. The molecule has 120 valence electrons. The second-order valence-electron chi connectivity index (χ2n) is 5.24. The number of halogens is 1. The van der Waals surface area contributed by atoms with Crippen LogP contribution >= 0.6 is 11.6 Å². The van der Waals surface area contributed by atoms with Gasteiger partial charge >= 0.3 is 6.03 Å². The summed E-state index contributed by atoms with van der Waals surface area (Å²) in [6, 6.07) is 4.72. The van der Waals surface area contributed by atoms with Gasteiger partial charge in [-0.05, 0) is 37.6 Å². The number of nitrogens with one attached hydrogen (secondary N) is 4. The smallest absolute Gasteiger partial charge is 0.319 e. The monoisotopic (exact) mass is 324 g/mol. The van der Waals surface area contributed by atoms with Gasteiger partial charge in [0.1, 0.15) is 0 Å². The molecular weight excluding hydrogens is 304 g/mol. The van der Waals surface area contributed by atoms with Gasteiger partial charge in [0.25, 0.3) is 5.91 Å². The van der Waals surface area contributed by atoms with Crippen molar-refractivity contribution in [1.29, 1.82) is 0 Å². The third-order valence-electron chi connectivity index (χ3n) is 3.40. The highest BCUT2D eigenvalue weighted by atomic mass is 35.5. The van der Waals surface area contributed by atoms with Crippen LogP contribution in [0.4, 0.5) is 10.5 Å². The van der Waals surface area contributed by atoms with E-state index in [0.717, 1.165) is 25.9 Å². The van der Waals surface area contributed by atoms with Crippen molar-refractivity contribution in [2.24, 2.45) is 0 Å². The molecule has 1 aliphatic heterocycles. The second-order valence-corrected chi connectivity index (χ2v) is 5.65. The Morgan fingerprint density at radius 3 is 2.91 bits per heavy atom. The normalized spacial score (nSPS) is 17.1. The first-order chi connectivity index (χ1) is 10.6. The van der Waals surface area contributed by atoms with Crippen molar-refractivity contribution in [3.8, 4) is 0 Å². The van der Waals surface area contributed by atoms with Crippen LogP contribution in [0.5, 0.6) is 0 Å². The summed E-state index contributed by atoms with van der Waals surface area (Å²) in [7, 11) is 0. The summed E-state index contributed by atoms with van der Waals surface area (Å²) in [5, 5.41) is 11.9. The zero-order valence-corrected chi connectivity index (χ0v) is 13.3. The quantitative estimate of drug-likeness (QED) is 0.668. The van der Waals surface area contributed by atoms with Gasteiger partial charge < -0.3 is 21.3 Å². The van der Waals surface area contributed by atoms with E-state index in [-0.39, 0.29) is 18.0 Å². The van der Waals surface area contributed by atoms with Gasteiger partial charge in [-0.25, -0.2) is 4.79 Å². The summed E-state index contributed by atoms with van der Waals surface area (Å²) in [6.07, 6.45) is 1.76. The predicted octanol–water partition coefficient (Wildman–Crippen LogP) is 1.96. The number of carbonyl (C=O) groups excluding carboxylic acids is 2. The molecule has 1 aromatic carbocycles. The lowest BCUT2D eigenvalue weighted by molar-refractivity contribution is 0.0954. The number of hydrogen-bond donors (Lipinski definition) is 4. The lowest BCUT2D eigenvalue weighted by Crippen LogP contribution is -2.39. The van der Waals surface area contributed by atoms with Crippen LogP contribution in [0.2, 0.25) is 5.02 Å². The van der Waals surface area contributed by atoms with Crippen molar-refractivity contribution in [3.05, 3.63) is 28.8 Å². The molecule has 1 fully saturated rings. The van der Waals surface area contributed by atoms with Gasteiger partial charge in [0.05, 0.1) is 10.6 Å². The fraction of sp³-hybridized carbons (Fsp3) is 0.467. The van der Waals surface area contributed by atoms with Crippen LogP contribution in [0.15, 0.2) is 18.2 Å². The van der Waals surface area contributed by atoms with E-state index in [1.807, 2.05) is 6.92 Å². The highest BCUT2D eigenvalue weighted by molar-refractivity contribution is 6.34. The number of hydrogen-bond acceptors (Lipinski definition) is 3. The molecule has 0 unspecified atom stereocenters. The van der Waals surface area contributed by atoms with Crippen molar-refractivity contribution in [3.63, 3.8) is 0 Å². The van der Waals surface area contributed by atoms with Gasteiger partial charge in [0.15, 0.2) is 0 Å². The zero-order valence-electron chi connectivity index (χ0n) is 12.5. The van der Waals surface area contributed by atoms with Crippen molar-refractivity contribution in [2.45, 2.75) is 25.8 Å². The molecule has 4 N–H and O–H groups in total. The van der Waals surface area contributed by atoms with Crippen molar-refractivity contribution in [2.75, 3.05) is 25.0 Å². The second kappa shape index (κ2) is 8.00. The number of urea groups is 1. The summed E-state index contributed by atoms with van der Waals surface area (Å²) in [4.78, 5) is 23.9. The Hall–Kier alpha value is -1.79. The van der Waals surface area contributed by atoms with Crippen LogP contribution in [0.1, 0.15) is 30.1 Å². The summed E-state index contributed by atoms with van der Waals surface area (Å²) < 4.78 is 0. The Bertz CT molecular complexity index is 544. The van der Waals surface area contributed by atoms with Crippen molar-refractivity contribution in [1.82, 2.24) is 16.0 Å². The first kappa shape index (κ1) is 16.6. The molecule has 22 heavy (non-hydrogen) atoms. The molecule has 0 saturated carbocycles. The first-order valence-corrected chi connectivity index (χ1v) is 7.84. The van der Waals surface area contributed by atoms with Gasteiger partial charge in [0, 0.05) is 24.8 Å². The minimum absolute atomic E-state index is 0.139. The van der Waals surface area contributed by atoms with Crippen LogP contribution in [0, 0.1) is 0 Å². The average molecular weight is 325 g/mol. The molecule has 3 amide bonds. The lowest BCUT2D eigenvalue weighted by atomic mass is 10.2. The fourth-order valence-electron chi connectivity index (χ4n) is 2.24. The molecule has 1 heterocycles. The van der Waals surface area contributed by atoms with E-state index in [1.165, 1.54) is 0 Å². The molecule has 0 radical (unpaired) electrons. The van der Waals surface area contributed by atoms with Crippen molar-refractivity contribution >= 4 is 29.2 Å². The summed E-state index contributed by atoms with van der Waals surface area (Å²) in [5.41, 5.74) is 0.893. The molecule has 0 spiro atoms. The maximum absolute atomic E-state index is 12.0. The van der Waals surface area contributed by atoms with Crippen LogP contribution < -0.4 is 21.3 Å². The maximum Gasteiger partial charge on any atom is 0.319 e. The molecule has 1 aromatic rings. The van der Waals surface area contributed by atoms with E-state index in [2.05, 4.69) is 21.3 Å². The minimum Gasteiger partial charge on any atom is -0.352 e. The number of anilines is 1. The topological polar surface area (TPSA) is 82.3 Å². The maximum atomic E-state index is 12.0. The van der Waals surface area contributed by atoms with E-state index >= 15 is 0 Å². The van der Waals surface area contributed by atoms with E-state index in [0.29, 0.717) is 22.8 Å². The molecule has 7 heteroatoms. The number of amides is 3. The molecule has 0 bridgehead atoms. The highest BCUT2D eigenvalue weighted by Crippen LogP contribution is 2.20. The number of benzene rings is 1. The van der Waals surface area contributed by atoms with Crippen LogP contribution in [0.3, 0.4) is 0 Å². The molecule has 2 rings (SSSR count).